The molecule has 1 saturated heterocycles. The minimum absolute atomic E-state index is 0.0227. The second kappa shape index (κ2) is 8.11. The predicted molar refractivity (Wildman–Crippen MR) is 95.2 cm³/mol. The molecule has 6 heteroatoms. The van der Waals surface area contributed by atoms with Crippen LogP contribution in [0.15, 0.2) is 36.7 Å². The standard InChI is InChI=1S/C18H21ClN4O/c19-16-8-4-3-7-14(16)11-20-18-21-12-15(13-22-18)17(24)23-9-5-1-2-6-10-23/h3-4,7-8,12-13H,1-2,5-6,9-11H2,(H,20,21,22). The van der Waals surface area contributed by atoms with Gasteiger partial charge in [-0.05, 0) is 24.5 Å². The van der Waals surface area contributed by atoms with Crippen molar-refractivity contribution >= 4 is 23.5 Å². The second-order valence-electron chi connectivity index (χ2n) is 5.95. The third-order valence-electron chi connectivity index (χ3n) is 4.19. The number of halogens is 1. The molecule has 1 aromatic carbocycles. The molecule has 0 unspecified atom stereocenters. The van der Waals surface area contributed by atoms with Crippen LogP contribution in [0.1, 0.15) is 41.6 Å². The Morgan fingerprint density at radius 1 is 1.08 bits per heavy atom. The van der Waals surface area contributed by atoms with E-state index < -0.39 is 0 Å². The molecule has 0 spiro atoms. The lowest BCUT2D eigenvalue weighted by Crippen LogP contribution is -2.32. The summed E-state index contributed by atoms with van der Waals surface area (Å²) in [6.45, 7) is 2.19. The fraction of sp³-hybridized carbons (Fsp3) is 0.389. The second-order valence-corrected chi connectivity index (χ2v) is 6.35. The molecule has 1 fully saturated rings. The van der Waals surface area contributed by atoms with Gasteiger partial charge in [-0.25, -0.2) is 9.97 Å². The number of anilines is 1. The number of carbonyl (C=O) groups excluding carboxylic acids is 1. The average Bonchev–Trinajstić information content (AvgIpc) is 2.90. The lowest BCUT2D eigenvalue weighted by Gasteiger charge is -2.19. The highest BCUT2D eigenvalue weighted by Crippen LogP contribution is 2.16. The summed E-state index contributed by atoms with van der Waals surface area (Å²) in [4.78, 5) is 22.9. The Balaban J connectivity index is 1.60. The van der Waals surface area contributed by atoms with Gasteiger partial charge >= 0.3 is 0 Å². The lowest BCUT2D eigenvalue weighted by molar-refractivity contribution is 0.0761. The molecule has 126 valence electrons. The first-order valence-corrected chi connectivity index (χ1v) is 8.70. The van der Waals surface area contributed by atoms with Crippen molar-refractivity contribution in [1.29, 1.82) is 0 Å². The predicted octanol–water partition coefficient (Wildman–Crippen LogP) is 3.76. The van der Waals surface area contributed by atoms with Crippen LogP contribution in [0.4, 0.5) is 5.95 Å². The quantitative estimate of drug-likeness (QED) is 0.917. The van der Waals surface area contributed by atoms with Gasteiger partial charge in [-0.3, -0.25) is 4.79 Å². The molecular formula is C18H21ClN4O. The van der Waals surface area contributed by atoms with E-state index in [0.29, 0.717) is 23.1 Å². The fourth-order valence-electron chi connectivity index (χ4n) is 2.80. The summed E-state index contributed by atoms with van der Waals surface area (Å²) in [6.07, 6.45) is 7.73. The number of rotatable bonds is 4. The summed E-state index contributed by atoms with van der Waals surface area (Å²) in [7, 11) is 0. The van der Waals surface area contributed by atoms with Crippen LogP contribution in [0.5, 0.6) is 0 Å². The summed E-state index contributed by atoms with van der Waals surface area (Å²) in [5.74, 6) is 0.511. The van der Waals surface area contributed by atoms with Crippen LogP contribution in [-0.4, -0.2) is 33.9 Å². The first-order chi connectivity index (χ1) is 11.7. The Hall–Kier alpha value is -2.14. The number of aromatic nitrogens is 2. The van der Waals surface area contributed by atoms with Gasteiger partial charge in [0.1, 0.15) is 0 Å². The van der Waals surface area contributed by atoms with Crippen molar-refractivity contribution in [3.8, 4) is 0 Å². The third kappa shape index (κ3) is 4.23. The zero-order valence-corrected chi connectivity index (χ0v) is 14.3. The van der Waals surface area contributed by atoms with E-state index in [1.54, 1.807) is 12.4 Å². The molecule has 0 atom stereocenters. The molecule has 2 heterocycles. The highest BCUT2D eigenvalue weighted by atomic mass is 35.5. The normalized spacial score (nSPS) is 15.0. The number of benzene rings is 1. The molecule has 1 amide bonds. The Bertz CT molecular complexity index is 682. The van der Waals surface area contributed by atoms with Crippen LogP contribution in [0.2, 0.25) is 5.02 Å². The van der Waals surface area contributed by atoms with Gasteiger partial charge in [0.05, 0.1) is 5.56 Å². The maximum Gasteiger partial charge on any atom is 0.256 e. The van der Waals surface area contributed by atoms with Crippen LogP contribution in [0, 0.1) is 0 Å². The Kier molecular flexibility index (Phi) is 5.64. The maximum absolute atomic E-state index is 12.5. The molecule has 3 rings (SSSR count). The number of carbonyl (C=O) groups is 1. The number of nitrogens with zero attached hydrogens (tertiary/aromatic N) is 3. The lowest BCUT2D eigenvalue weighted by atomic mass is 10.2. The van der Waals surface area contributed by atoms with Crippen LogP contribution in [0.3, 0.4) is 0 Å². The molecular weight excluding hydrogens is 324 g/mol. The van der Waals surface area contributed by atoms with Gasteiger partial charge in [0.2, 0.25) is 5.95 Å². The van der Waals surface area contributed by atoms with E-state index in [4.69, 9.17) is 11.6 Å². The first-order valence-electron chi connectivity index (χ1n) is 8.32. The van der Waals surface area contributed by atoms with Gasteiger partial charge in [0, 0.05) is 37.1 Å². The zero-order chi connectivity index (χ0) is 16.8. The minimum atomic E-state index is 0.0227. The van der Waals surface area contributed by atoms with Gasteiger partial charge in [-0.2, -0.15) is 0 Å². The number of hydrogen-bond acceptors (Lipinski definition) is 4. The van der Waals surface area contributed by atoms with Crippen LogP contribution < -0.4 is 5.32 Å². The monoisotopic (exact) mass is 344 g/mol. The first kappa shape index (κ1) is 16.7. The topological polar surface area (TPSA) is 58.1 Å². The molecule has 2 aromatic rings. The smallest absolute Gasteiger partial charge is 0.256 e. The molecule has 5 nitrogen and oxygen atoms in total. The number of amides is 1. The molecule has 1 N–H and O–H groups in total. The van der Waals surface area contributed by atoms with Crippen molar-refractivity contribution in [3.63, 3.8) is 0 Å². The summed E-state index contributed by atoms with van der Waals surface area (Å²) in [5.41, 5.74) is 1.52. The molecule has 1 aliphatic rings. The number of likely N-dealkylation sites (tertiary alicyclic amines) is 1. The summed E-state index contributed by atoms with van der Waals surface area (Å²) < 4.78 is 0. The van der Waals surface area contributed by atoms with Gasteiger partial charge in [0.15, 0.2) is 0 Å². The van der Waals surface area contributed by atoms with E-state index in [0.717, 1.165) is 31.5 Å². The van der Waals surface area contributed by atoms with E-state index in [2.05, 4.69) is 15.3 Å². The van der Waals surface area contributed by atoms with Crippen molar-refractivity contribution in [3.05, 3.63) is 52.8 Å². The van der Waals surface area contributed by atoms with Crippen LogP contribution in [0.25, 0.3) is 0 Å². The highest BCUT2D eigenvalue weighted by Gasteiger charge is 2.17. The average molecular weight is 345 g/mol. The van der Waals surface area contributed by atoms with Gasteiger partial charge < -0.3 is 10.2 Å². The largest absolute Gasteiger partial charge is 0.350 e. The Labute approximate surface area is 147 Å². The number of hydrogen-bond donors (Lipinski definition) is 1. The summed E-state index contributed by atoms with van der Waals surface area (Å²) in [5, 5.41) is 3.83. The van der Waals surface area contributed by atoms with Crippen molar-refractivity contribution in [2.24, 2.45) is 0 Å². The van der Waals surface area contributed by atoms with Crippen molar-refractivity contribution in [1.82, 2.24) is 14.9 Å². The molecule has 1 aliphatic heterocycles. The highest BCUT2D eigenvalue weighted by molar-refractivity contribution is 6.31. The summed E-state index contributed by atoms with van der Waals surface area (Å²) in [6, 6.07) is 7.63. The molecule has 0 aliphatic carbocycles. The van der Waals surface area contributed by atoms with Crippen molar-refractivity contribution < 1.29 is 4.79 Å². The van der Waals surface area contributed by atoms with Crippen LogP contribution >= 0.6 is 11.6 Å². The molecule has 24 heavy (non-hydrogen) atoms. The molecule has 0 radical (unpaired) electrons. The van der Waals surface area contributed by atoms with E-state index in [1.165, 1.54) is 12.8 Å². The molecule has 1 aromatic heterocycles. The third-order valence-corrected chi connectivity index (χ3v) is 4.56. The van der Waals surface area contributed by atoms with Gasteiger partial charge in [0.25, 0.3) is 5.91 Å². The van der Waals surface area contributed by atoms with Crippen LogP contribution in [-0.2, 0) is 6.54 Å². The fourth-order valence-corrected chi connectivity index (χ4v) is 3.00. The SMILES string of the molecule is O=C(c1cnc(NCc2ccccc2Cl)nc1)N1CCCCCC1. The summed E-state index contributed by atoms with van der Waals surface area (Å²) >= 11 is 6.13. The van der Waals surface area contributed by atoms with E-state index in [-0.39, 0.29) is 5.91 Å². The van der Waals surface area contributed by atoms with Gasteiger partial charge in [-0.1, -0.05) is 42.6 Å². The van der Waals surface area contributed by atoms with E-state index in [9.17, 15) is 4.79 Å². The maximum atomic E-state index is 12.5. The van der Waals surface area contributed by atoms with E-state index >= 15 is 0 Å². The van der Waals surface area contributed by atoms with Crippen molar-refractivity contribution in [2.75, 3.05) is 18.4 Å². The molecule has 0 bridgehead atoms. The number of nitrogens with one attached hydrogen (secondary N) is 1. The van der Waals surface area contributed by atoms with Gasteiger partial charge in [-0.15, -0.1) is 0 Å². The Morgan fingerprint density at radius 3 is 2.42 bits per heavy atom. The zero-order valence-electron chi connectivity index (χ0n) is 13.5. The van der Waals surface area contributed by atoms with E-state index in [1.807, 2.05) is 29.2 Å². The minimum Gasteiger partial charge on any atom is -0.350 e. The Morgan fingerprint density at radius 2 is 1.75 bits per heavy atom. The molecule has 0 saturated carbocycles. The van der Waals surface area contributed by atoms with Crippen molar-refractivity contribution in [2.45, 2.75) is 32.2 Å².